The number of carbonyl (C=O) groups is 3. The second-order valence-corrected chi connectivity index (χ2v) is 9.86. The van der Waals surface area contributed by atoms with Gasteiger partial charge in [0.25, 0.3) is 0 Å². The van der Waals surface area contributed by atoms with Crippen LogP contribution in [0.5, 0.6) is 0 Å². The van der Waals surface area contributed by atoms with Gasteiger partial charge in [-0.15, -0.1) is 11.3 Å². The Kier molecular flexibility index (Phi) is 4.66. The van der Waals surface area contributed by atoms with Crippen molar-refractivity contribution in [2.75, 3.05) is 4.90 Å². The number of nitrogens with zero attached hydrogens (tertiary/aromatic N) is 2. The Hall–Kier alpha value is -2.73. The van der Waals surface area contributed by atoms with Crippen LogP contribution in [-0.2, 0) is 9.59 Å². The van der Waals surface area contributed by atoms with Crippen molar-refractivity contribution in [1.29, 1.82) is 0 Å². The molecular weight excluding hydrogens is 408 g/mol. The summed E-state index contributed by atoms with van der Waals surface area (Å²) in [4.78, 5) is 44.9. The van der Waals surface area contributed by atoms with Crippen LogP contribution in [0.1, 0.15) is 48.0 Å². The third-order valence-corrected chi connectivity index (χ3v) is 7.99. The van der Waals surface area contributed by atoms with Crippen molar-refractivity contribution >= 4 is 40.2 Å². The molecule has 0 N–H and O–H groups in total. The van der Waals surface area contributed by atoms with Gasteiger partial charge >= 0.3 is 0 Å². The monoisotopic (exact) mass is 434 g/mol. The molecular formula is C25H26N2O3S. The molecule has 0 aliphatic carbocycles. The maximum Gasteiger partial charge on any atom is 0.236 e. The number of Topliss-reactive ketones (excluding diaryl/α,β-unsaturated/α-hetero) is 1. The van der Waals surface area contributed by atoms with Gasteiger partial charge < -0.3 is 4.90 Å². The molecule has 2 saturated heterocycles. The number of aryl methyl sites for hydroxylation is 1. The predicted octanol–water partition coefficient (Wildman–Crippen LogP) is 4.31. The van der Waals surface area contributed by atoms with Gasteiger partial charge in [0, 0.05) is 17.3 Å². The zero-order valence-corrected chi connectivity index (χ0v) is 19.0. The quantitative estimate of drug-likeness (QED) is 0.531. The highest BCUT2D eigenvalue weighted by Crippen LogP contribution is 2.51. The van der Waals surface area contributed by atoms with E-state index in [2.05, 4.69) is 17.0 Å². The predicted molar refractivity (Wildman–Crippen MR) is 122 cm³/mol. The Balaban J connectivity index is 1.69. The number of hydrogen-bond donors (Lipinski definition) is 0. The minimum absolute atomic E-state index is 0.0703. The highest BCUT2D eigenvalue weighted by Gasteiger charge is 2.64. The van der Waals surface area contributed by atoms with Crippen molar-refractivity contribution in [1.82, 2.24) is 4.90 Å². The fourth-order valence-electron chi connectivity index (χ4n) is 5.46. The molecule has 31 heavy (non-hydrogen) atoms. The molecule has 6 heteroatoms. The van der Waals surface area contributed by atoms with Gasteiger partial charge in [-0.1, -0.05) is 30.7 Å². The summed E-state index contributed by atoms with van der Waals surface area (Å²) < 4.78 is 0. The van der Waals surface area contributed by atoms with Crippen molar-refractivity contribution in [3.63, 3.8) is 0 Å². The van der Waals surface area contributed by atoms with E-state index >= 15 is 0 Å². The first kappa shape index (κ1) is 20.2. The van der Waals surface area contributed by atoms with Crippen LogP contribution in [0.4, 0.5) is 5.69 Å². The molecule has 1 aromatic heterocycles. The minimum atomic E-state index is -0.676. The van der Waals surface area contributed by atoms with Gasteiger partial charge in [-0.25, -0.2) is 0 Å². The minimum Gasteiger partial charge on any atom is -0.352 e. The Labute approximate surface area is 186 Å². The van der Waals surface area contributed by atoms with Gasteiger partial charge in [-0.05, 0) is 56.3 Å². The summed E-state index contributed by atoms with van der Waals surface area (Å²) in [6.45, 7) is 7.98. The van der Waals surface area contributed by atoms with Crippen molar-refractivity contribution in [2.45, 2.75) is 52.2 Å². The van der Waals surface area contributed by atoms with Crippen LogP contribution < -0.4 is 4.90 Å². The summed E-state index contributed by atoms with van der Waals surface area (Å²) in [6, 6.07) is 8.71. The second-order valence-electron chi connectivity index (χ2n) is 8.91. The molecule has 3 aliphatic heterocycles. The van der Waals surface area contributed by atoms with Crippen LogP contribution in [0.3, 0.4) is 0 Å². The zero-order valence-electron chi connectivity index (χ0n) is 18.2. The van der Waals surface area contributed by atoms with Gasteiger partial charge in [0.2, 0.25) is 11.8 Å². The van der Waals surface area contributed by atoms with Gasteiger partial charge in [0.05, 0.1) is 22.8 Å². The lowest BCUT2D eigenvalue weighted by molar-refractivity contribution is -0.142. The third-order valence-electron chi connectivity index (χ3n) is 7.10. The van der Waals surface area contributed by atoms with Crippen molar-refractivity contribution in [3.8, 4) is 0 Å². The van der Waals surface area contributed by atoms with Crippen LogP contribution in [0.15, 0.2) is 41.8 Å². The molecule has 2 aromatic rings. The van der Waals surface area contributed by atoms with Gasteiger partial charge in [0.15, 0.2) is 5.78 Å². The molecule has 3 aliphatic rings. The first-order valence-electron chi connectivity index (χ1n) is 10.9. The number of likely N-dealkylation sites (tertiary alicyclic amines) is 1. The molecule has 5 atom stereocenters. The van der Waals surface area contributed by atoms with Gasteiger partial charge in [-0.3, -0.25) is 19.3 Å². The van der Waals surface area contributed by atoms with E-state index in [-0.39, 0.29) is 29.7 Å². The maximum atomic E-state index is 13.7. The average molecular weight is 435 g/mol. The first-order chi connectivity index (χ1) is 14.8. The summed E-state index contributed by atoms with van der Waals surface area (Å²) in [5, 5.41) is 1.88. The number of anilines is 1. The highest BCUT2D eigenvalue weighted by atomic mass is 32.1. The van der Waals surface area contributed by atoms with E-state index < -0.39 is 17.9 Å². The largest absolute Gasteiger partial charge is 0.352 e. The fraction of sp³-hybridized carbons (Fsp3) is 0.400. The molecule has 2 amide bonds. The van der Waals surface area contributed by atoms with Crippen LogP contribution in [0.2, 0.25) is 0 Å². The number of amides is 2. The molecule has 160 valence electrons. The summed E-state index contributed by atoms with van der Waals surface area (Å²) >= 11 is 1.39. The number of imide groups is 1. The number of rotatable bonds is 4. The lowest BCUT2D eigenvalue weighted by atomic mass is 9.86. The zero-order chi connectivity index (χ0) is 22.0. The number of carbonyl (C=O) groups excluding carboxylic acids is 3. The standard InChI is InChI=1S/C25H26N2O3S/c1-5-15(4)26-24(29)20-18-12-14(3)16-11-13(2)8-9-17(16)27(18)22(21(20)25(26)30)23(28)19-7-6-10-31-19/h6-12,15,18,20-22H,5H2,1-4H3/t15-,18-,20-,21-,22-/m1/s1. The van der Waals surface area contributed by atoms with Crippen molar-refractivity contribution in [2.24, 2.45) is 11.8 Å². The number of hydrogen-bond acceptors (Lipinski definition) is 5. The number of allylic oxidation sites excluding steroid dienone is 1. The van der Waals surface area contributed by atoms with Gasteiger partial charge in [0.1, 0.15) is 6.04 Å². The van der Waals surface area contributed by atoms with E-state index in [9.17, 15) is 14.4 Å². The molecule has 1 aromatic carbocycles. The first-order valence-corrected chi connectivity index (χ1v) is 11.8. The number of thiophene rings is 1. The molecule has 5 rings (SSSR count). The number of ketones is 1. The van der Waals surface area contributed by atoms with Crippen LogP contribution in [0, 0.1) is 18.8 Å². The number of fused-ring (bicyclic) bond motifs is 5. The molecule has 0 radical (unpaired) electrons. The summed E-state index contributed by atoms with van der Waals surface area (Å²) in [6.07, 6.45) is 2.79. The van der Waals surface area contributed by atoms with Crippen LogP contribution >= 0.6 is 11.3 Å². The van der Waals surface area contributed by atoms with E-state index in [1.807, 2.05) is 57.3 Å². The fourth-order valence-corrected chi connectivity index (χ4v) is 6.16. The summed E-state index contributed by atoms with van der Waals surface area (Å²) in [5.41, 5.74) is 4.24. The van der Waals surface area contributed by atoms with Crippen LogP contribution in [0.25, 0.3) is 5.57 Å². The van der Waals surface area contributed by atoms with E-state index in [1.54, 1.807) is 0 Å². The van der Waals surface area contributed by atoms with Crippen molar-refractivity contribution < 1.29 is 14.4 Å². The molecule has 0 spiro atoms. The smallest absolute Gasteiger partial charge is 0.236 e. The summed E-state index contributed by atoms with van der Waals surface area (Å²) in [5.74, 6) is -1.59. The molecule has 4 heterocycles. The summed E-state index contributed by atoms with van der Waals surface area (Å²) in [7, 11) is 0. The molecule has 5 nitrogen and oxygen atoms in total. The highest BCUT2D eigenvalue weighted by molar-refractivity contribution is 7.12. The lowest BCUT2D eigenvalue weighted by Crippen LogP contribution is -2.50. The Bertz CT molecular complexity index is 1120. The Morgan fingerprint density at radius 3 is 2.55 bits per heavy atom. The Morgan fingerprint density at radius 1 is 1.13 bits per heavy atom. The normalized spacial score (nSPS) is 27.7. The average Bonchev–Trinajstić information content (AvgIpc) is 3.44. The lowest BCUT2D eigenvalue weighted by Gasteiger charge is -2.38. The van der Waals surface area contributed by atoms with Gasteiger partial charge in [-0.2, -0.15) is 0 Å². The second kappa shape index (κ2) is 7.16. The topological polar surface area (TPSA) is 57.7 Å². The van der Waals surface area contributed by atoms with E-state index in [0.29, 0.717) is 11.3 Å². The van der Waals surface area contributed by atoms with Crippen molar-refractivity contribution in [3.05, 3.63) is 57.8 Å². The molecule has 2 fully saturated rings. The van der Waals surface area contributed by atoms with E-state index in [1.165, 1.54) is 16.2 Å². The molecule has 0 bridgehead atoms. The van der Waals surface area contributed by atoms with E-state index in [4.69, 9.17) is 0 Å². The Morgan fingerprint density at radius 2 is 1.87 bits per heavy atom. The SMILES string of the molecule is CC[C@@H](C)N1C(=O)[C@@H]2[C@H](C1=O)[C@H]1C=C(C)c3cc(C)ccc3N1[C@H]2C(=O)c1cccs1. The molecule has 0 saturated carbocycles. The van der Waals surface area contributed by atoms with Crippen LogP contribution in [-0.4, -0.2) is 40.6 Å². The third kappa shape index (κ3) is 2.77. The molecule has 0 unspecified atom stereocenters. The maximum absolute atomic E-state index is 13.7. The van der Waals surface area contributed by atoms with E-state index in [0.717, 1.165) is 22.4 Å². The number of benzene rings is 1.